The normalized spacial score (nSPS) is 11.1. The number of methoxy groups -OCH3 is 1. The summed E-state index contributed by atoms with van der Waals surface area (Å²) in [4.78, 5) is 29.3. The number of hydrogen-bond acceptors (Lipinski definition) is 4. The van der Waals surface area contributed by atoms with Crippen LogP contribution in [0.3, 0.4) is 0 Å². The van der Waals surface area contributed by atoms with Gasteiger partial charge in [0.05, 0.1) is 18.6 Å². The average molecular weight is 499 g/mol. The maximum atomic E-state index is 12.7. The summed E-state index contributed by atoms with van der Waals surface area (Å²) in [5.41, 5.74) is 4.97. The van der Waals surface area contributed by atoms with Crippen molar-refractivity contribution in [3.8, 4) is 0 Å². The highest BCUT2D eigenvalue weighted by Gasteiger charge is 2.21. The Kier molecular flexibility index (Phi) is 9.34. The Morgan fingerprint density at radius 3 is 2.70 bits per heavy atom. The fourth-order valence-electron chi connectivity index (χ4n) is 2.25. The molecule has 0 bridgehead atoms. The van der Waals surface area contributed by atoms with E-state index in [9.17, 15) is 9.59 Å². The van der Waals surface area contributed by atoms with Gasteiger partial charge in [0.2, 0.25) is 5.78 Å². The molecule has 27 heavy (non-hydrogen) atoms. The maximum absolute atomic E-state index is 12.7. The van der Waals surface area contributed by atoms with Crippen LogP contribution >= 0.6 is 15.9 Å². The summed E-state index contributed by atoms with van der Waals surface area (Å²) >= 11 is 3.36. The minimum absolute atomic E-state index is 0. The van der Waals surface area contributed by atoms with Crippen molar-refractivity contribution in [3.63, 3.8) is 0 Å². The fraction of sp³-hybridized carbons (Fsp3) is 0.211. The van der Waals surface area contributed by atoms with E-state index >= 15 is 0 Å². The van der Waals surface area contributed by atoms with Crippen LogP contribution in [-0.2, 0) is 9.53 Å². The van der Waals surface area contributed by atoms with Crippen molar-refractivity contribution in [2.45, 2.75) is 18.9 Å². The second-order valence-corrected chi connectivity index (χ2v) is 6.62. The van der Waals surface area contributed by atoms with E-state index in [-0.39, 0.29) is 28.7 Å². The van der Waals surface area contributed by atoms with Crippen LogP contribution in [0.2, 0.25) is 0 Å². The largest absolute Gasteiger partial charge is 1.00 e. The van der Waals surface area contributed by atoms with Gasteiger partial charge in [-0.1, -0.05) is 28.6 Å². The molecule has 0 aliphatic carbocycles. The van der Waals surface area contributed by atoms with E-state index in [2.05, 4.69) is 38.5 Å². The molecular weight excluding hydrogens is 478 g/mol. The van der Waals surface area contributed by atoms with Gasteiger partial charge in [-0.05, 0) is 30.3 Å². The number of carbonyl (C=O) groups excluding carboxylic acids is 2. The third-order valence-corrected chi connectivity index (χ3v) is 4.31. The van der Waals surface area contributed by atoms with E-state index < -0.39 is 6.04 Å². The molecule has 6 nitrogen and oxygen atoms in total. The highest BCUT2D eigenvalue weighted by atomic mass is 79.9. The van der Waals surface area contributed by atoms with E-state index in [1.807, 2.05) is 0 Å². The summed E-state index contributed by atoms with van der Waals surface area (Å²) in [7, 11) is 1.54. The molecule has 2 rings (SSSR count). The van der Waals surface area contributed by atoms with Gasteiger partial charge in [0.15, 0.2) is 6.04 Å². The molecule has 0 aliphatic rings. The van der Waals surface area contributed by atoms with Crippen molar-refractivity contribution in [3.05, 3.63) is 70.7 Å². The number of benzene rings is 1. The molecule has 0 fully saturated rings. The van der Waals surface area contributed by atoms with E-state index in [1.165, 1.54) is 7.11 Å². The SMILES string of the molecule is C=C(CC[C@H]([NH3+])C(=O)Nc1ccc(Br)cc1C(=O)c1ccccn1)OC.[Br-]. The predicted molar refractivity (Wildman–Crippen MR) is 103 cm³/mol. The molecule has 4 N–H and O–H groups in total. The van der Waals surface area contributed by atoms with E-state index in [1.54, 1.807) is 42.6 Å². The molecule has 1 aromatic heterocycles. The van der Waals surface area contributed by atoms with E-state index in [0.717, 1.165) is 4.47 Å². The summed E-state index contributed by atoms with van der Waals surface area (Å²) in [6.45, 7) is 3.73. The number of quaternary nitrogens is 1. The van der Waals surface area contributed by atoms with Gasteiger partial charge in [-0.3, -0.25) is 14.6 Å². The number of amides is 1. The third kappa shape index (κ3) is 6.57. The molecule has 1 amide bonds. The molecule has 144 valence electrons. The Morgan fingerprint density at radius 2 is 2.07 bits per heavy atom. The Morgan fingerprint density at radius 1 is 1.33 bits per heavy atom. The summed E-state index contributed by atoms with van der Waals surface area (Å²) in [6.07, 6.45) is 2.59. The van der Waals surface area contributed by atoms with Crippen molar-refractivity contribution in [1.82, 2.24) is 4.98 Å². The average Bonchev–Trinajstić information content (AvgIpc) is 2.67. The van der Waals surface area contributed by atoms with E-state index in [4.69, 9.17) is 4.74 Å². The van der Waals surface area contributed by atoms with Crippen LogP contribution in [0.15, 0.2) is 59.4 Å². The molecule has 0 saturated heterocycles. The van der Waals surface area contributed by atoms with Crippen LogP contribution in [0.4, 0.5) is 5.69 Å². The van der Waals surface area contributed by atoms with Crippen molar-refractivity contribution in [2.24, 2.45) is 0 Å². The van der Waals surface area contributed by atoms with Gasteiger partial charge in [-0.2, -0.15) is 0 Å². The summed E-state index contributed by atoms with van der Waals surface area (Å²) < 4.78 is 5.73. The molecule has 1 aromatic carbocycles. The first-order valence-corrected chi connectivity index (χ1v) is 8.82. The Bertz CT molecular complexity index is 813. The highest BCUT2D eigenvalue weighted by molar-refractivity contribution is 9.10. The van der Waals surface area contributed by atoms with Gasteiger partial charge in [0.1, 0.15) is 5.69 Å². The van der Waals surface area contributed by atoms with Crippen LogP contribution < -0.4 is 28.0 Å². The van der Waals surface area contributed by atoms with Gasteiger partial charge < -0.3 is 32.8 Å². The molecule has 0 radical (unpaired) electrons. The van der Waals surface area contributed by atoms with Crippen LogP contribution in [0.1, 0.15) is 28.9 Å². The summed E-state index contributed by atoms with van der Waals surface area (Å²) in [6, 6.07) is 9.72. The Hall–Kier alpha value is -2.03. The minimum Gasteiger partial charge on any atom is -1.00 e. The smallest absolute Gasteiger partial charge is 0.282 e. The van der Waals surface area contributed by atoms with Gasteiger partial charge >= 0.3 is 0 Å². The number of ketones is 1. The second kappa shape index (κ2) is 11.0. The molecule has 2 aromatic rings. The number of pyridine rings is 1. The molecule has 1 atom stereocenters. The number of allylic oxidation sites excluding steroid dienone is 1. The van der Waals surface area contributed by atoms with Gasteiger partial charge in [-0.15, -0.1) is 0 Å². The van der Waals surface area contributed by atoms with Gasteiger partial charge in [0, 0.05) is 29.1 Å². The Balaban J connectivity index is 0.00000364. The lowest BCUT2D eigenvalue weighted by molar-refractivity contribution is -0.403. The molecule has 1 heterocycles. The fourth-order valence-corrected chi connectivity index (χ4v) is 2.61. The second-order valence-electron chi connectivity index (χ2n) is 5.70. The number of nitrogens with zero attached hydrogens (tertiary/aromatic N) is 1. The van der Waals surface area contributed by atoms with Crippen molar-refractivity contribution in [2.75, 3.05) is 12.4 Å². The van der Waals surface area contributed by atoms with Crippen molar-refractivity contribution in [1.29, 1.82) is 0 Å². The lowest BCUT2D eigenvalue weighted by Crippen LogP contribution is -3.00. The van der Waals surface area contributed by atoms with Crippen molar-refractivity contribution < 1.29 is 37.0 Å². The molecule has 0 spiro atoms. The number of aromatic nitrogens is 1. The topological polar surface area (TPSA) is 95.9 Å². The molecule has 0 aliphatic heterocycles. The minimum atomic E-state index is -0.497. The summed E-state index contributed by atoms with van der Waals surface area (Å²) in [5, 5.41) is 2.79. The third-order valence-electron chi connectivity index (χ3n) is 3.81. The zero-order valence-corrected chi connectivity index (χ0v) is 18.0. The van der Waals surface area contributed by atoms with E-state index in [0.29, 0.717) is 35.5 Å². The summed E-state index contributed by atoms with van der Waals surface area (Å²) in [5.74, 6) is 0.0583. The lowest BCUT2D eigenvalue weighted by Gasteiger charge is -2.13. The molecule has 0 saturated carbocycles. The van der Waals surface area contributed by atoms with Crippen LogP contribution in [0, 0.1) is 0 Å². The van der Waals surface area contributed by atoms with Crippen molar-refractivity contribution >= 4 is 33.3 Å². The van der Waals surface area contributed by atoms with Crippen LogP contribution in [0.5, 0.6) is 0 Å². The number of carbonyl (C=O) groups is 2. The maximum Gasteiger partial charge on any atom is 0.282 e. The highest BCUT2D eigenvalue weighted by Crippen LogP contribution is 2.24. The molecular formula is C19H21Br2N3O3. The molecule has 0 unspecified atom stereocenters. The Labute approximate surface area is 177 Å². The number of hydrogen-bond donors (Lipinski definition) is 2. The van der Waals surface area contributed by atoms with Crippen LogP contribution in [0.25, 0.3) is 0 Å². The first-order valence-electron chi connectivity index (χ1n) is 8.03. The monoisotopic (exact) mass is 497 g/mol. The lowest BCUT2D eigenvalue weighted by atomic mass is 10.0. The van der Waals surface area contributed by atoms with Gasteiger partial charge in [-0.25, -0.2) is 0 Å². The first kappa shape index (κ1) is 23.0. The number of nitrogens with one attached hydrogen (secondary N) is 1. The first-order chi connectivity index (χ1) is 12.4. The number of rotatable bonds is 8. The zero-order valence-electron chi connectivity index (χ0n) is 14.9. The number of halogens is 2. The van der Waals surface area contributed by atoms with Gasteiger partial charge in [0.25, 0.3) is 5.91 Å². The van der Waals surface area contributed by atoms with Crippen LogP contribution in [-0.4, -0.2) is 29.8 Å². The predicted octanol–water partition coefficient (Wildman–Crippen LogP) is -0.432. The standard InChI is InChI=1S/C19H20BrN3O3.BrH/c1-12(26-2)6-8-15(21)19(25)23-16-9-7-13(20)11-14(16)18(24)17-5-3-4-10-22-17;/h3-5,7,9-11,15H,1,6,8,21H2,2H3,(H,23,25);1H/t15-;/m0./s1. The number of ether oxygens (including phenoxy) is 1. The quantitative estimate of drug-likeness (QED) is 0.381. The number of anilines is 1. The molecule has 8 heteroatoms. The zero-order chi connectivity index (χ0) is 19.1.